The highest BCUT2D eigenvalue weighted by atomic mass is 15.4. The molecule has 2 saturated heterocycles. The van der Waals surface area contributed by atoms with Crippen LogP contribution in [0.4, 0.5) is 11.9 Å². The van der Waals surface area contributed by atoms with E-state index in [1.54, 1.807) is 6.33 Å². The topological polar surface area (TPSA) is 141 Å². The zero-order chi connectivity index (χ0) is 21.5. The first kappa shape index (κ1) is 20.1. The van der Waals surface area contributed by atoms with E-state index in [0.29, 0.717) is 36.9 Å². The Morgan fingerprint density at radius 3 is 2.03 bits per heavy atom. The predicted octanol–water partition coefficient (Wildman–Crippen LogP) is 0.249. The van der Waals surface area contributed by atoms with Gasteiger partial charge in [0.15, 0.2) is 0 Å². The molecular formula is C21H30N10. The van der Waals surface area contributed by atoms with Crippen molar-refractivity contribution >= 4 is 22.9 Å². The van der Waals surface area contributed by atoms with Crippen molar-refractivity contribution in [3.63, 3.8) is 0 Å². The average molecular weight is 423 g/mol. The lowest BCUT2D eigenvalue weighted by atomic mass is 9.97. The van der Waals surface area contributed by atoms with Gasteiger partial charge in [-0.2, -0.15) is 15.0 Å². The van der Waals surface area contributed by atoms with E-state index in [0.717, 1.165) is 37.0 Å². The summed E-state index contributed by atoms with van der Waals surface area (Å²) in [6, 6.07) is 8.02. The normalized spacial score (nSPS) is 27.1. The molecule has 10 nitrogen and oxygen atoms in total. The predicted molar refractivity (Wildman–Crippen MR) is 121 cm³/mol. The fraction of sp³-hybridized carbons (Fsp3) is 0.524. The van der Waals surface area contributed by atoms with Crippen molar-refractivity contribution < 1.29 is 0 Å². The van der Waals surface area contributed by atoms with Crippen molar-refractivity contribution in [3.8, 4) is 5.95 Å². The third-order valence-electron chi connectivity index (χ3n) is 6.04. The Hall–Kier alpha value is -2.82. The minimum Gasteiger partial charge on any atom is -0.339 e. The number of benzene rings is 1. The maximum Gasteiger partial charge on any atom is 0.242 e. The molecule has 0 spiro atoms. The molecule has 2 aliphatic rings. The van der Waals surface area contributed by atoms with E-state index >= 15 is 0 Å². The molecule has 3 aromatic rings. The van der Waals surface area contributed by atoms with Crippen molar-refractivity contribution in [1.82, 2.24) is 24.5 Å². The molecule has 2 fully saturated rings. The molecule has 0 amide bonds. The number of rotatable bonds is 3. The highest BCUT2D eigenvalue weighted by Gasteiger charge is 2.29. The summed E-state index contributed by atoms with van der Waals surface area (Å²) in [5.41, 5.74) is 20.6. The maximum atomic E-state index is 6.31. The Bertz CT molecular complexity index is 1000. The molecule has 5 rings (SSSR count). The van der Waals surface area contributed by atoms with Crippen molar-refractivity contribution in [3.05, 3.63) is 30.6 Å². The summed E-state index contributed by atoms with van der Waals surface area (Å²) in [7, 11) is 0. The van der Waals surface area contributed by atoms with Crippen LogP contribution in [0.2, 0.25) is 0 Å². The number of nitrogens with two attached hydrogens (primary N) is 3. The average Bonchev–Trinajstić information content (AvgIpc) is 3.16. The summed E-state index contributed by atoms with van der Waals surface area (Å²) in [4.78, 5) is 23.2. The largest absolute Gasteiger partial charge is 0.339 e. The van der Waals surface area contributed by atoms with Crippen LogP contribution in [0.15, 0.2) is 30.6 Å². The lowest BCUT2D eigenvalue weighted by molar-refractivity contribution is 0.397. The lowest BCUT2D eigenvalue weighted by Crippen LogP contribution is -2.53. The first-order valence-corrected chi connectivity index (χ1v) is 10.9. The highest BCUT2D eigenvalue weighted by Crippen LogP contribution is 2.25. The summed E-state index contributed by atoms with van der Waals surface area (Å²) in [6.45, 7) is 5.12. The van der Waals surface area contributed by atoms with Crippen molar-refractivity contribution in [2.45, 2.75) is 37.9 Å². The zero-order valence-electron chi connectivity index (χ0n) is 17.8. The van der Waals surface area contributed by atoms with E-state index in [-0.39, 0.29) is 18.1 Å². The molecule has 2 aromatic heterocycles. The second kappa shape index (κ2) is 8.03. The quantitative estimate of drug-likeness (QED) is 0.541. The van der Waals surface area contributed by atoms with Gasteiger partial charge in [0.1, 0.15) is 6.33 Å². The summed E-state index contributed by atoms with van der Waals surface area (Å²) in [6.07, 6.45) is 3.56. The Kier molecular flexibility index (Phi) is 5.20. The minimum atomic E-state index is -0.00933. The van der Waals surface area contributed by atoms with Gasteiger partial charge in [-0.1, -0.05) is 19.1 Å². The van der Waals surface area contributed by atoms with E-state index in [4.69, 9.17) is 32.2 Å². The van der Waals surface area contributed by atoms with Gasteiger partial charge in [-0.05, 0) is 30.9 Å². The van der Waals surface area contributed by atoms with Gasteiger partial charge in [0.25, 0.3) is 0 Å². The molecule has 31 heavy (non-hydrogen) atoms. The number of piperidine rings is 2. The third kappa shape index (κ3) is 4.06. The molecular weight excluding hydrogens is 392 g/mol. The second-order valence-corrected chi connectivity index (χ2v) is 9.01. The van der Waals surface area contributed by atoms with Gasteiger partial charge >= 0.3 is 0 Å². The Balaban J connectivity index is 1.60. The van der Waals surface area contributed by atoms with E-state index in [1.807, 2.05) is 28.8 Å². The fourth-order valence-electron chi connectivity index (χ4n) is 4.76. The van der Waals surface area contributed by atoms with E-state index in [1.165, 1.54) is 0 Å². The highest BCUT2D eigenvalue weighted by molar-refractivity contribution is 5.76. The summed E-state index contributed by atoms with van der Waals surface area (Å²) >= 11 is 0. The van der Waals surface area contributed by atoms with Crippen molar-refractivity contribution in [2.24, 2.45) is 23.1 Å². The maximum absolute atomic E-state index is 6.31. The number of imidazole rings is 1. The number of fused-ring (bicyclic) bond motifs is 1. The second-order valence-electron chi connectivity index (χ2n) is 9.01. The molecule has 0 unspecified atom stereocenters. The van der Waals surface area contributed by atoms with Crippen LogP contribution in [0, 0.1) is 5.92 Å². The number of hydrogen-bond donors (Lipinski definition) is 3. The van der Waals surface area contributed by atoms with Crippen LogP contribution in [0.25, 0.3) is 17.0 Å². The van der Waals surface area contributed by atoms with Gasteiger partial charge in [-0.3, -0.25) is 4.57 Å². The molecule has 0 saturated carbocycles. The van der Waals surface area contributed by atoms with Gasteiger partial charge in [-0.25, -0.2) is 4.98 Å². The number of nitrogens with zero attached hydrogens (tertiary/aromatic N) is 7. The van der Waals surface area contributed by atoms with Crippen LogP contribution in [-0.2, 0) is 0 Å². The van der Waals surface area contributed by atoms with Crippen LogP contribution in [0.1, 0.15) is 19.8 Å². The van der Waals surface area contributed by atoms with Crippen LogP contribution >= 0.6 is 0 Å². The molecule has 4 heterocycles. The monoisotopic (exact) mass is 422 g/mol. The van der Waals surface area contributed by atoms with E-state index in [9.17, 15) is 0 Å². The molecule has 2 aliphatic heterocycles. The molecule has 0 radical (unpaired) electrons. The Morgan fingerprint density at radius 1 is 0.774 bits per heavy atom. The van der Waals surface area contributed by atoms with Crippen LogP contribution in [-0.4, -0.2) is 68.8 Å². The molecule has 6 N–H and O–H groups in total. The molecule has 1 aromatic carbocycles. The van der Waals surface area contributed by atoms with Crippen LogP contribution in [0.5, 0.6) is 0 Å². The van der Waals surface area contributed by atoms with Crippen molar-refractivity contribution in [2.75, 3.05) is 36.0 Å². The molecule has 0 aliphatic carbocycles. The first-order chi connectivity index (χ1) is 15.0. The fourth-order valence-corrected chi connectivity index (χ4v) is 4.76. The van der Waals surface area contributed by atoms with E-state index < -0.39 is 0 Å². The van der Waals surface area contributed by atoms with Gasteiger partial charge in [-0.15, -0.1) is 0 Å². The molecule has 4 atom stereocenters. The van der Waals surface area contributed by atoms with Gasteiger partial charge in [0.05, 0.1) is 11.0 Å². The Labute approximate surface area is 181 Å². The summed E-state index contributed by atoms with van der Waals surface area (Å²) < 4.78 is 1.90. The van der Waals surface area contributed by atoms with Crippen LogP contribution < -0.4 is 27.0 Å². The number of aromatic nitrogens is 5. The third-order valence-corrected chi connectivity index (χ3v) is 6.04. The zero-order valence-corrected chi connectivity index (χ0v) is 17.8. The molecule has 164 valence electrons. The first-order valence-electron chi connectivity index (χ1n) is 10.9. The standard InChI is InChI=1S/C21H30N10/c1-13-6-14(22)9-29(8-13)19-26-20(30-10-15(23)7-16(24)11-30)28-21(27-19)31-12-25-17-4-2-3-5-18(17)31/h2-5,12-16H,6-11,22-24H2,1H3/t13-,14+,15-,16+/m1/s1. The van der Waals surface area contributed by atoms with Gasteiger partial charge in [0, 0.05) is 44.3 Å². The lowest BCUT2D eigenvalue weighted by Gasteiger charge is -2.37. The van der Waals surface area contributed by atoms with Gasteiger partial charge < -0.3 is 27.0 Å². The minimum absolute atomic E-state index is 0.00933. The number of para-hydroxylation sites is 2. The SMILES string of the molecule is C[C@@H]1C[C@H](N)CN(c2nc(N3C[C@H](N)C[C@H](N)C3)nc(-n3cnc4ccccc43)n2)C1. The van der Waals surface area contributed by atoms with Crippen molar-refractivity contribution in [1.29, 1.82) is 0 Å². The summed E-state index contributed by atoms with van der Waals surface area (Å²) in [5.74, 6) is 2.23. The molecule has 0 bridgehead atoms. The van der Waals surface area contributed by atoms with Gasteiger partial charge in [0.2, 0.25) is 17.8 Å². The smallest absolute Gasteiger partial charge is 0.242 e. The Morgan fingerprint density at radius 2 is 1.35 bits per heavy atom. The number of hydrogen-bond acceptors (Lipinski definition) is 9. The summed E-state index contributed by atoms with van der Waals surface area (Å²) in [5, 5.41) is 0. The van der Waals surface area contributed by atoms with E-state index in [2.05, 4.69) is 21.7 Å². The van der Waals surface area contributed by atoms with Crippen LogP contribution in [0.3, 0.4) is 0 Å². The molecule has 10 heteroatoms. The number of anilines is 2.